The lowest BCUT2D eigenvalue weighted by molar-refractivity contribution is 0.338. The molecule has 1 heteroatoms. The van der Waals surface area contributed by atoms with Gasteiger partial charge in [0.25, 0.3) is 0 Å². The van der Waals surface area contributed by atoms with Gasteiger partial charge in [-0.15, -0.1) is 0 Å². The Kier molecular flexibility index (Phi) is 5.45. The van der Waals surface area contributed by atoms with Crippen molar-refractivity contribution < 1.29 is 0 Å². The van der Waals surface area contributed by atoms with Crippen LogP contribution in [-0.2, 0) is 0 Å². The van der Waals surface area contributed by atoms with Crippen LogP contribution in [0.1, 0.15) is 58.8 Å². The van der Waals surface area contributed by atoms with Gasteiger partial charge in [-0.2, -0.15) is 0 Å². The van der Waals surface area contributed by atoms with Crippen molar-refractivity contribution in [2.75, 3.05) is 6.54 Å². The van der Waals surface area contributed by atoms with E-state index in [1.807, 2.05) is 0 Å². The van der Waals surface area contributed by atoms with Crippen LogP contribution in [-0.4, -0.2) is 12.6 Å². The van der Waals surface area contributed by atoms with E-state index in [1.165, 1.54) is 51.5 Å². The molecule has 0 radical (unpaired) electrons. The third kappa shape index (κ3) is 4.12. The third-order valence-electron chi connectivity index (χ3n) is 3.32. The predicted octanol–water partition coefficient (Wildman–Crippen LogP) is 3.34. The van der Waals surface area contributed by atoms with Gasteiger partial charge in [0, 0.05) is 6.04 Å². The van der Waals surface area contributed by atoms with Crippen molar-refractivity contribution in [1.82, 2.24) is 5.32 Å². The van der Waals surface area contributed by atoms with E-state index in [0.29, 0.717) is 0 Å². The van der Waals surface area contributed by atoms with Crippen molar-refractivity contribution in [2.24, 2.45) is 5.92 Å². The Bertz CT molecular complexity index is 114. The van der Waals surface area contributed by atoms with Crippen LogP contribution < -0.4 is 5.32 Å². The van der Waals surface area contributed by atoms with E-state index >= 15 is 0 Å². The fraction of sp³-hybridized carbons (Fsp3) is 1.00. The zero-order valence-corrected chi connectivity index (χ0v) is 9.31. The van der Waals surface area contributed by atoms with E-state index < -0.39 is 0 Å². The highest BCUT2D eigenvalue weighted by molar-refractivity contribution is 4.74. The second kappa shape index (κ2) is 6.42. The minimum atomic E-state index is 0.748. The topological polar surface area (TPSA) is 12.0 Å². The molecule has 0 aromatic heterocycles. The molecule has 1 nitrogen and oxygen atoms in total. The lowest BCUT2D eigenvalue weighted by Gasteiger charge is -2.23. The van der Waals surface area contributed by atoms with Gasteiger partial charge in [-0.3, -0.25) is 0 Å². The van der Waals surface area contributed by atoms with Gasteiger partial charge < -0.3 is 5.32 Å². The van der Waals surface area contributed by atoms with Crippen LogP contribution in [0.2, 0.25) is 0 Å². The van der Waals surface area contributed by atoms with E-state index in [9.17, 15) is 0 Å². The van der Waals surface area contributed by atoms with Gasteiger partial charge in [-0.05, 0) is 38.6 Å². The lowest BCUT2D eigenvalue weighted by Crippen LogP contribution is -2.33. The molecule has 0 heterocycles. The molecule has 0 aromatic carbocycles. The molecule has 0 amide bonds. The number of rotatable bonds is 4. The summed E-state index contributed by atoms with van der Waals surface area (Å²) in [7, 11) is 0. The van der Waals surface area contributed by atoms with Gasteiger partial charge in [-0.1, -0.05) is 32.6 Å². The van der Waals surface area contributed by atoms with Crippen molar-refractivity contribution in [2.45, 2.75) is 64.8 Å². The van der Waals surface area contributed by atoms with Gasteiger partial charge in [0.05, 0.1) is 0 Å². The highest BCUT2D eigenvalue weighted by Crippen LogP contribution is 2.25. The van der Waals surface area contributed by atoms with Crippen molar-refractivity contribution >= 4 is 0 Å². The van der Waals surface area contributed by atoms with Gasteiger partial charge in [0.1, 0.15) is 0 Å². The average molecular weight is 183 g/mol. The van der Waals surface area contributed by atoms with Gasteiger partial charge in [0.2, 0.25) is 0 Å². The number of hydrogen-bond donors (Lipinski definition) is 1. The molecule has 0 aliphatic heterocycles. The Hall–Kier alpha value is -0.0400. The normalized spacial score (nSPS) is 22.6. The summed E-state index contributed by atoms with van der Waals surface area (Å²) in [5.74, 6) is 0.953. The molecule has 1 fully saturated rings. The van der Waals surface area contributed by atoms with Gasteiger partial charge >= 0.3 is 0 Å². The van der Waals surface area contributed by atoms with Crippen LogP contribution in [0, 0.1) is 5.92 Å². The summed E-state index contributed by atoms with van der Waals surface area (Å²) < 4.78 is 0. The summed E-state index contributed by atoms with van der Waals surface area (Å²) in [6.45, 7) is 5.80. The molecule has 0 aromatic rings. The molecular formula is C12H25N. The Labute approximate surface area is 83.3 Å². The summed E-state index contributed by atoms with van der Waals surface area (Å²) in [5, 5.41) is 3.63. The zero-order chi connectivity index (χ0) is 9.52. The molecular weight excluding hydrogens is 158 g/mol. The maximum Gasteiger partial charge on any atom is 0.00669 e. The van der Waals surface area contributed by atoms with Crippen LogP contribution in [0.3, 0.4) is 0 Å². The van der Waals surface area contributed by atoms with E-state index in [1.54, 1.807) is 0 Å². The van der Waals surface area contributed by atoms with E-state index in [0.717, 1.165) is 12.0 Å². The summed E-state index contributed by atoms with van der Waals surface area (Å²) in [6, 6.07) is 0.748. The molecule has 78 valence electrons. The molecule has 1 aliphatic carbocycles. The lowest BCUT2D eigenvalue weighted by atomic mass is 9.93. The molecule has 1 atom stereocenters. The standard InChI is InChI=1S/C12H25N/c1-3-10-13-11(2)12-8-6-4-5-7-9-12/h11-13H,3-10H2,1-2H3/t11-/m0/s1. The molecule has 13 heavy (non-hydrogen) atoms. The zero-order valence-electron chi connectivity index (χ0n) is 9.31. The smallest absolute Gasteiger partial charge is 0.00669 e. The SMILES string of the molecule is CCCN[C@@H](C)C1CCCCCC1. The summed E-state index contributed by atoms with van der Waals surface area (Å²) >= 11 is 0. The van der Waals surface area contributed by atoms with Crippen molar-refractivity contribution in [3.05, 3.63) is 0 Å². The summed E-state index contributed by atoms with van der Waals surface area (Å²) in [4.78, 5) is 0. The van der Waals surface area contributed by atoms with Crippen molar-refractivity contribution in [3.63, 3.8) is 0 Å². The molecule has 0 bridgehead atoms. The minimum Gasteiger partial charge on any atom is -0.314 e. The first-order chi connectivity index (χ1) is 6.34. The molecule has 1 rings (SSSR count). The van der Waals surface area contributed by atoms with Crippen LogP contribution in [0.15, 0.2) is 0 Å². The second-order valence-electron chi connectivity index (χ2n) is 4.49. The monoisotopic (exact) mass is 183 g/mol. The van der Waals surface area contributed by atoms with Crippen LogP contribution in [0.25, 0.3) is 0 Å². The van der Waals surface area contributed by atoms with Gasteiger partial charge in [0.15, 0.2) is 0 Å². The largest absolute Gasteiger partial charge is 0.314 e. The molecule has 1 N–H and O–H groups in total. The second-order valence-corrected chi connectivity index (χ2v) is 4.49. The van der Waals surface area contributed by atoms with E-state index in [4.69, 9.17) is 0 Å². The Morgan fingerprint density at radius 3 is 2.31 bits per heavy atom. The molecule has 0 unspecified atom stereocenters. The third-order valence-corrected chi connectivity index (χ3v) is 3.32. The first-order valence-electron chi connectivity index (χ1n) is 6.08. The van der Waals surface area contributed by atoms with Gasteiger partial charge in [-0.25, -0.2) is 0 Å². The fourth-order valence-corrected chi connectivity index (χ4v) is 2.35. The molecule has 0 spiro atoms. The highest BCUT2D eigenvalue weighted by Gasteiger charge is 2.17. The number of nitrogens with one attached hydrogen (secondary N) is 1. The van der Waals surface area contributed by atoms with Crippen molar-refractivity contribution in [3.8, 4) is 0 Å². The maximum absolute atomic E-state index is 3.63. The molecule has 0 saturated heterocycles. The Morgan fingerprint density at radius 2 is 1.77 bits per heavy atom. The first-order valence-corrected chi connectivity index (χ1v) is 6.08. The molecule has 1 aliphatic rings. The first kappa shape index (κ1) is 11.0. The van der Waals surface area contributed by atoms with Crippen LogP contribution in [0.4, 0.5) is 0 Å². The summed E-state index contributed by atoms with van der Waals surface area (Å²) in [5.41, 5.74) is 0. The minimum absolute atomic E-state index is 0.748. The van der Waals surface area contributed by atoms with Crippen LogP contribution >= 0.6 is 0 Å². The Balaban J connectivity index is 2.22. The fourth-order valence-electron chi connectivity index (χ4n) is 2.35. The quantitative estimate of drug-likeness (QED) is 0.659. The van der Waals surface area contributed by atoms with Crippen LogP contribution in [0.5, 0.6) is 0 Å². The molecule has 1 saturated carbocycles. The Morgan fingerprint density at radius 1 is 1.15 bits per heavy atom. The van der Waals surface area contributed by atoms with Crippen molar-refractivity contribution in [1.29, 1.82) is 0 Å². The maximum atomic E-state index is 3.63. The van der Waals surface area contributed by atoms with E-state index in [-0.39, 0.29) is 0 Å². The predicted molar refractivity (Wildman–Crippen MR) is 58.9 cm³/mol. The number of hydrogen-bond acceptors (Lipinski definition) is 1. The highest BCUT2D eigenvalue weighted by atomic mass is 14.9. The average Bonchev–Trinajstić information content (AvgIpc) is 2.42. The van der Waals surface area contributed by atoms with E-state index in [2.05, 4.69) is 19.2 Å². The summed E-state index contributed by atoms with van der Waals surface area (Å²) in [6.07, 6.45) is 10.0.